The number of allylic oxidation sites excluding steroid dienone is 6. The topological polar surface area (TPSA) is 24.9 Å². The molecule has 1 aliphatic carbocycles. The van der Waals surface area contributed by atoms with E-state index in [-0.39, 0.29) is 0 Å². The van der Waals surface area contributed by atoms with Crippen LogP contribution >= 0.6 is 0 Å². The molecule has 1 aromatic heterocycles. The summed E-state index contributed by atoms with van der Waals surface area (Å²) in [5.41, 5.74) is 5.65. The Morgan fingerprint density at radius 2 is 2.18 bits per heavy atom. The first kappa shape index (κ1) is 16.3. The largest absolute Gasteiger partial charge is 0.369 e. The zero-order valence-corrected chi connectivity index (χ0v) is 13.9. The molecule has 0 bridgehead atoms. The molecular weight excluding hydrogens is 268 g/mol. The van der Waals surface area contributed by atoms with E-state index in [9.17, 15) is 0 Å². The zero-order chi connectivity index (χ0) is 16.1. The lowest BCUT2D eigenvalue weighted by Gasteiger charge is -2.17. The number of nitrogens with zero attached hydrogens (tertiary/aromatic N) is 1. The molecule has 0 aromatic carbocycles. The van der Waals surface area contributed by atoms with Crippen molar-refractivity contribution in [3.8, 4) is 0 Å². The second-order valence-corrected chi connectivity index (χ2v) is 5.96. The van der Waals surface area contributed by atoms with Crippen LogP contribution in [0, 0.1) is 12.8 Å². The van der Waals surface area contributed by atoms with Gasteiger partial charge in [-0.1, -0.05) is 37.5 Å². The summed E-state index contributed by atoms with van der Waals surface area (Å²) in [6.07, 6.45) is 12.5. The quantitative estimate of drug-likeness (QED) is 0.682. The molecule has 2 heteroatoms. The average Bonchev–Trinajstić information content (AvgIpc) is 3.29. The molecule has 1 aromatic rings. The lowest BCUT2D eigenvalue weighted by molar-refractivity contribution is 0.881. The van der Waals surface area contributed by atoms with Crippen LogP contribution in [0.15, 0.2) is 43.7 Å². The summed E-state index contributed by atoms with van der Waals surface area (Å²) in [5.74, 6) is 1.76. The number of hydrogen-bond acceptors (Lipinski definition) is 2. The van der Waals surface area contributed by atoms with Crippen LogP contribution in [0.4, 0.5) is 5.82 Å². The van der Waals surface area contributed by atoms with Crippen molar-refractivity contribution in [1.29, 1.82) is 0 Å². The van der Waals surface area contributed by atoms with Crippen molar-refractivity contribution in [2.24, 2.45) is 5.92 Å². The van der Waals surface area contributed by atoms with Gasteiger partial charge in [-0.05, 0) is 61.8 Å². The summed E-state index contributed by atoms with van der Waals surface area (Å²) < 4.78 is 0. The molecule has 0 amide bonds. The fourth-order valence-electron chi connectivity index (χ4n) is 2.64. The molecular formula is C20H26N2. The molecule has 2 nitrogen and oxygen atoms in total. The van der Waals surface area contributed by atoms with E-state index in [1.807, 2.05) is 37.4 Å². The molecule has 116 valence electrons. The summed E-state index contributed by atoms with van der Waals surface area (Å²) >= 11 is 0. The Labute approximate surface area is 134 Å². The van der Waals surface area contributed by atoms with Gasteiger partial charge < -0.3 is 5.32 Å². The third-order valence-corrected chi connectivity index (χ3v) is 4.08. The normalized spacial score (nSPS) is 15.1. The molecule has 2 rings (SSSR count). The van der Waals surface area contributed by atoms with Crippen molar-refractivity contribution in [2.75, 3.05) is 11.9 Å². The highest BCUT2D eigenvalue weighted by Crippen LogP contribution is 2.33. The summed E-state index contributed by atoms with van der Waals surface area (Å²) in [6.45, 7) is 15.2. The van der Waals surface area contributed by atoms with Crippen LogP contribution in [0.25, 0.3) is 11.1 Å². The Hall–Kier alpha value is -2.09. The predicted molar refractivity (Wildman–Crippen MR) is 97.9 cm³/mol. The van der Waals surface area contributed by atoms with E-state index in [0.29, 0.717) is 0 Å². The van der Waals surface area contributed by atoms with Gasteiger partial charge in [0, 0.05) is 18.3 Å². The molecule has 0 radical (unpaired) electrons. The lowest BCUT2D eigenvalue weighted by atomic mass is 9.95. The molecule has 0 saturated heterocycles. The fraction of sp³-hybridized carbons (Fsp3) is 0.350. The van der Waals surface area contributed by atoms with Crippen molar-refractivity contribution in [2.45, 2.75) is 33.6 Å². The number of rotatable bonds is 7. The standard InChI is InChI=1S/C20H26N2/c1-6-8-14(3)18-13-22-20(21-12-17-10-11-17)19(16(18)5)15(4)9-7-2/h6-9,13,17H,1,4,10-12H2,2-3,5H3,(H,21,22)/b9-7-,14-8+. The summed E-state index contributed by atoms with van der Waals surface area (Å²) in [7, 11) is 0. The monoisotopic (exact) mass is 294 g/mol. The van der Waals surface area contributed by atoms with Crippen molar-refractivity contribution < 1.29 is 0 Å². The number of hydrogen-bond donors (Lipinski definition) is 1. The first-order valence-electron chi connectivity index (χ1n) is 7.93. The van der Waals surface area contributed by atoms with Crippen LogP contribution in [0.1, 0.15) is 43.4 Å². The van der Waals surface area contributed by atoms with Gasteiger partial charge in [0.15, 0.2) is 0 Å². The third-order valence-electron chi connectivity index (χ3n) is 4.08. The van der Waals surface area contributed by atoms with Gasteiger partial charge in [-0.25, -0.2) is 4.98 Å². The van der Waals surface area contributed by atoms with E-state index >= 15 is 0 Å². The Kier molecular flexibility index (Phi) is 5.37. The van der Waals surface area contributed by atoms with Crippen molar-refractivity contribution >= 4 is 17.0 Å². The molecule has 0 aliphatic heterocycles. The minimum atomic E-state index is 0.812. The second-order valence-electron chi connectivity index (χ2n) is 5.96. The highest BCUT2D eigenvalue weighted by atomic mass is 15.0. The molecule has 1 heterocycles. The second kappa shape index (κ2) is 7.26. The first-order chi connectivity index (χ1) is 10.6. The Morgan fingerprint density at radius 1 is 1.45 bits per heavy atom. The van der Waals surface area contributed by atoms with Gasteiger partial charge in [-0.2, -0.15) is 0 Å². The first-order valence-corrected chi connectivity index (χ1v) is 7.93. The molecule has 1 aliphatic rings. The van der Waals surface area contributed by atoms with Gasteiger partial charge in [0.1, 0.15) is 5.82 Å². The molecule has 0 spiro atoms. The maximum absolute atomic E-state index is 4.66. The van der Waals surface area contributed by atoms with Crippen LogP contribution in [0.5, 0.6) is 0 Å². The van der Waals surface area contributed by atoms with Gasteiger partial charge in [0.05, 0.1) is 0 Å². The Morgan fingerprint density at radius 3 is 2.77 bits per heavy atom. The number of nitrogens with one attached hydrogen (secondary N) is 1. The van der Waals surface area contributed by atoms with Crippen molar-refractivity contribution in [3.05, 3.63) is 60.3 Å². The van der Waals surface area contributed by atoms with Crippen LogP contribution in [-0.4, -0.2) is 11.5 Å². The van der Waals surface area contributed by atoms with Gasteiger partial charge in [0.25, 0.3) is 0 Å². The van der Waals surface area contributed by atoms with Crippen LogP contribution in [-0.2, 0) is 0 Å². The molecule has 0 atom stereocenters. The molecule has 1 saturated carbocycles. The Bertz CT molecular complexity index is 631. The van der Waals surface area contributed by atoms with Crippen LogP contribution in [0.2, 0.25) is 0 Å². The maximum Gasteiger partial charge on any atom is 0.134 e. The van der Waals surface area contributed by atoms with Crippen molar-refractivity contribution in [1.82, 2.24) is 4.98 Å². The third kappa shape index (κ3) is 3.76. The molecule has 22 heavy (non-hydrogen) atoms. The smallest absolute Gasteiger partial charge is 0.134 e. The van der Waals surface area contributed by atoms with Gasteiger partial charge in [0.2, 0.25) is 0 Å². The summed E-state index contributed by atoms with van der Waals surface area (Å²) in [4.78, 5) is 4.66. The highest BCUT2D eigenvalue weighted by molar-refractivity contribution is 5.84. The SMILES string of the molecule is C=C/C=C(\C)c1cnc(NCC2CC2)c(C(=C)/C=C\C)c1C. The van der Waals surface area contributed by atoms with Crippen LogP contribution < -0.4 is 5.32 Å². The lowest BCUT2D eigenvalue weighted by Crippen LogP contribution is -2.09. The van der Waals surface area contributed by atoms with E-state index in [0.717, 1.165) is 35.0 Å². The highest BCUT2D eigenvalue weighted by Gasteiger charge is 2.22. The van der Waals surface area contributed by atoms with E-state index in [4.69, 9.17) is 0 Å². The molecule has 0 unspecified atom stereocenters. The zero-order valence-electron chi connectivity index (χ0n) is 13.9. The minimum absolute atomic E-state index is 0.812. The number of aromatic nitrogens is 1. The van der Waals surface area contributed by atoms with Crippen molar-refractivity contribution in [3.63, 3.8) is 0 Å². The maximum atomic E-state index is 4.66. The Balaban J connectivity index is 2.44. The minimum Gasteiger partial charge on any atom is -0.369 e. The van der Waals surface area contributed by atoms with Gasteiger partial charge in [-0.3, -0.25) is 0 Å². The van der Waals surface area contributed by atoms with E-state index in [2.05, 4.69) is 37.3 Å². The average molecular weight is 294 g/mol. The fourth-order valence-corrected chi connectivity index (χ4v) is 2.64. The van der Waals surface area contributed by atoms with E-state index < -0.39 is 0 Å². The van der Waals surface area contributed by atoms with Gasteiger partial charge in [-0.15, -0.1) is 0 Å². The number of anilines is 1. The van der Waals surface area contributed by atoms with E-state index in [1.54, 1.807) is 0 Å². The molecule has 1 fully saturated rings. The van der Waals surface area contributed by atoms with Gasteiger partial charge >= 0.3 is 0 Å². The van der Waals surface area contributed by atoms with E-state index in [1.165, 1.54) is 24.0 Å². The summed E-state index contributed by atoms with van der Waals surface area (Å²) in [5, 5.41) is 3.51. The number of pyridine rings is 1. The summed E-state index contributed by atoms with van der Waals surface area (Å²) in [6, 6.07) is 0. The van der Waals surface area contributed by atoms with Crippen LogP contribution in [0.3, 0.4) is 0 Å². The predicted octanol–water partition coefficient (Wildman–Crippen LogP) is 5.39. The molecule has 1 N–H and O–H groups in total.